The Balaban J connectivity index is 1.59. The zero-order chi connectivity index (χ0) is 19.4. The first-order chi connectivity index (χ1) is 12.9. The number of aryl methyl sites for hydroxylation is 1. The number of carbonyl (C=O) groups is 3. The fourth-order valence-electron chi connectivity index (χ4n) is 2.60. The number of rotatable bonds is 6. The molecule has 2 amide bonds. The van der Waals surface area contributed by atoms with E-state index in [1.165, 1.54) is 25.2 Å². The molecule has 6 nitrogen and oxygen atoms in total. The monoisotopic (exact) mass is 381 g/mol. The van der Waals surface area contributed by atoms with E-state index in [1.54, 1.807) is 24.3 Å². The van der Waals surface area contributed by atoms with Gasteiger partial charge < -0.3 is 10.6 Å². The number of nitrogens with zero attached hydrogens (tertiary/aromatic N) is 1. The maximum atomic E-state index is 12.2. The van der Waals surface area contributed by atoms with Crippen LogP contribution >= 0.6 is 11.3 Å². The summed E-state index contributed by atoms with van der Waals surface area (Å²) in [5, 5.41) is 6.09. The molecule has 0 atom stereocenters. The van der Waals surface area contributed by atoms with E-state index in [2.05, 4.69) is 15.6 Å². The molecule has 2 aromatic carbocycles. The average Bonchev–Trinajstić information content (AvgIpc) is 3.01. The Labute approximate surface area is 160 Å². The van der Waals surface area contributed by atoms with Crippen molar-refractivity contribution in [2.24, 2.45) is 0 Å². The van der Waals surface area contributed by atoms with Gasteiger partial charge >= 0.3 is 0 Å². The van der Waals surface area contributed by atoms with Crippen molar-refractivity contribution >= 4 is 50.0 Å². The fraction of sp³-hybridized carbons (Fsp3) is 0.200. The number of thiazole rings is 1. The molecular weight excluding hydrogens is 362 g/mol. The van der Waals surface area contributed by atoms with Crippen molar-refractivity contribution in [3.05, 3.63) is 53.6 Å². The standard InChI is InChI=1S/C20H19N3O3S/c1-12(24)15-5-7-16(8-6-15)22-19(26)10-4-14-3-9-17-18(11-14)27-20(23-17)21-13(2)25/h3,5-9,11H,4,10H2,1-2H3,(H,22,26)(H,21,23,25). The Morgan fingerprint density at radius 2 is 1.74 bits per heavy atom. The molecule has 0 spiro atoms. The van der Waals surface area contributed by atoms with Gasteiger partial charge in [-0.25, -0.2) is 4.98 Å². The summed E-state index contributed by atoms with van der Waals surface area (Å²) in [4.78, 5) is 38.9. The second-order valence-electron chi connectivity index (χ2n) is 6.18. The molecule has 0 fully saturated rings. The smallest absolute Gasteiger partial charge is 0.224 e. The second-order valence-corrected chi connectivity index (χ2v) is 7.21. The predicted octanol–water partition coefficient (Wildman–Crippen LogP) is 4.03. The minimum absolute atomic E-state index is 0.00649. The van der Waals surface area contributed by atoms with Crippen LogP contribution in [-0.2, 0) is 16.0 Å². The van der Waals surface area contributed by atoms with Crippen LogP contribution in [-0.4, -0.2) is 22.6 Å². The molecule has 1 heterocycles. The van der Waals surface area contributed by atoms with E-state index in [0.717, 1.165) is 15.8 Å². The zero-order valence-corrected chi connectivity index (χ0v) is 15.9. The van der Waals surface area contributed by atoms with Gasteiger partial charge in [0, 0.05) is 24.6 Å². The SMILES string of the molecule is CC(=O)Nc1nc2ccc(CCC(=O)Nc3ccc(C(C)=O)cc3)cc2s1. The third-order valence-corrected chi connectivity index (χ3v) is 4.89. The number of hydrogen-bond acceptors (Lipinski definition) is 5. The first kappa shape index (κ1) is 18.7. The summed E-state index contributed by atoms with van der Waals surface area (Å²) in [5.74, 6) is -0.246. The summed E-state index contributed by atoms with van der Waals surface area (Å²) in [6.45, 7) is 2.95. The maximum Gasteiger partial charge on any atom is 0.224 e. The van der Waals surface area contributed by atoms with Gasteiger partial charge in [-0.15, -0.1) is 0 Å². The van der Waals surface area contributed by atoms with Crippen molar-refractivity contribution in [1.29, 1.82) is 0 Å². The van der Waals surface area contributed by atoms with E-state index < -0.39 is 0 Å². The minimum atomic E-state index is -0.151. The molecule has 0 aliphatic carbocycles. The number of carbonyl (C=O) groups excluding carboxylic acids is 3. The van der Waals surface area contributed by atoms with Crippen LogP contribution in [0.1, 0.15) is 36.2 Å². The van der Waals surface area contributed by atoms with Crippen LogP contribution < -0.4 is 10.6 Å². The maximum absolute atomic E-state index is 12.2. The molecule has 7 heteroatoms. The number of benzene rings is 2. The van der Waals surface area contributed by atoms with Gasteiger partial charge in [0.1, 0.15) is 0 Å². The highest BCUT2D eigenvalue weighted by atomic mass is 32.1. The first-order valence-electron chi connectivity index (χ1n) is 8.48. The van der Waals surface area contributed by atoms with Gasteiger partial charge in [0.05, 0.1) is 10.2 Å². The number of Topliss-reactive ketones (excluding diaryl/α,β-unsaturated/α-hetero) is 1. The average molecular weight is 381 g/mol. The van der Waals surface area contributed by atoms with Crippen LogP contribution in [0.3, 0.4) is 0 Å². The number of nitrogens with one attached hydrogen (secondary N) is 2. The lowest BCUT2D eigenvalue weighted by atomic mass is 10.1. The quantitative estimate of drug-likeness (QED) is 0.631. The molecule has 138 valence electrons. The highest BCUT2D eigenvalue weighted by Gasteiger charge is 2.08. The largest absolute Gasteiger partial charge is 0.326 e. The lowest BCUT2D eigenvalue weighted by molar-refractivity contribution is -0.116. The molecule has 0 aliphatic heterocycles. The summed E-state index contributed by atoms with van der Waals surface area (Å²) in [7, 11) is 0. The topological polar surface area (TPSA) is 88.2 Å². The van der Waals surface area contributed by atoms with E-state index in [9.17, 15) is 14.4 Å². The third-order valence-electron chi connectivity index (χ3n) is 3.95. The summed E-state index contributed by atoms with van der Waals surface area (Å²) >= 11 is 1.41. The Bertz CT molecular complexity index is 1010. The van der Waals surface area contributed by atoms with E-state index in [1.807, 2.05) is 18.2 Å². The zero-order valence-electron chi connectivity index (χ0n) is 15.0. The van der Waals surface area contributed by atoms with Gasteiger partial charge in [-0.3, -0.25) is 14.4 Å². The summed E-state index contributed by atoms with van der Waals surface area (Å²) in [6.07, 6.45) is 0.942. The molecule has 2 N–H and O–H groups in total. The van der Waals surface area contributed by atoms with Crippen molar-refractivity contribution in [2.75, 3.05) is 10.6 Å². The minimum Gasteiger partial charge on any atom is -0.326 e. The molecule has 0 radical (unpaired) electrons. The van der Waals surface area contributed by atoms with Gasteiger partial charge in [-0.05, 0) is 55.3 Å². The highest BCUT2D eigenvalue weighted by molar-refractivity contribution is 7.22. The van der Waals surface area contributed by atoms with Crippen molar-refractivity contribution in [2.45, 2.75) is 26.7 Å². The third kappa shape index (κ3) is 4.98. The first-order valence-corrected chi connectivity index (χ1v) is 9.30. The molecular formula is C20H19N3O3S. The normalized spacial score (nSPS) is 10.6. The molecule has 3 rings (SSSR count). The Morgan fingerprint density at radius 1 is 1.00 bits per heavy atom. The van der Waals surface area contributed by atoms with Gasteiger partial charge in [0.15, 0.2) is 10.9 Å². The van der Waals surface area contributed by atoms with Crippen molar-refractivity contribution < 1.29 is 14.4 Å². The number of fused-ring (bicyclic) bond motifs is 1. The Morgan fingerprint density at radius 3 is 2.41 bits per heavy atom. The number of aromatic nitrogens is 1. The Hall–Kier alpha value is -3.06. The van der Waals surface area contributed by atoms with Crippen LogP contribution in [0.5, 0.6) is 0 Å². The van der Waals surface area contributed by atoms with Gasteiger partial charge in [0.2, 0.25) is 11.8 Å². The lowest BCUT2D eigenvalue weighted by Gasteiger charge is -2.06. The Kier molecular flexibility index (Phi) is 5.61. The van der Waals surface area contributed by atoms with Gasteiger partial charge in [0.25, 0.3) is 0 Å². The van der Waals surface area contributed by atoms with E-state index >= 15 is 0 Å². The van der Waals surface area contributed by atoms with Crippen LogP contribution in [0.25, 0.3) is 10.2 Å². The van der Waals surface area contributed by atoms with Crippen molar-refractivity contribution in [3.8, 4) is 0 Å². The molecule has 0 bridgehead atoms. The number of ketones is 1. The fourth-order valence-corrected chi connectivity index (χ4v) is 3.57. The number of amides is 2. The van der Waals surface area contributed by atoms with Crippen LogP contribution in [0.2, 0.25) is 0 Å². The van der Waals surface area contributed by atoms with Gasteiger partial charge in [-0.2, -0.15) is 0 Å². The molecule has 1 aromatic heterocycles. The highest BCUT2D eigenvalue weighted by Crippen LogP contribution is 2.27. The summed E-state index contributed by atoms with van der Waals surface area (Å²) in [6, 6.07) is 12.7. The van der Waals surface area contributed by atoms with Crippen LogP contribution in [0, 0.1) is 0 Å². The second kappa shape index (κ2) is 8.09. The van der Waals surface area contributed by atoms with E-state index in [4.69, 9.17) is 0 Å². The molecule has 3 aromatic rings. The molecule has 0 unspecified atom stereocenters. The number of anilines is 2. The van der Waals surface area contributed by atoms with Crippen molar-refractivity contribution in [3.63, 3.8) is 0 Å². The van der Waals surface area contributed by atoms with Gasteiger partial charge in [-0.1, -0.05) is 17.4 Å². The van der Waals surface area contributed by atoms with E-state index in [-0.39, 0.29) is 17.6 Å². The van der Waals surface area contributed by atoms with E-state index in [0.29, 0.717) is 29.2 Å². The summed E-state index contributed by atoms with van der Waals surface area (Å²) in [5.41, 5.74) is 3.14. The van der Waals surface area contributed by atoms with Crippen LogP contribution in [0.4, 0.5) is 10.8 Å². The molecule has 0 aliphatic rings. The lowest BCUT2D eigenvalue weighted by Crippen LogP contribution is -2.12. The number of hydrogen-bond donors (Lipinski definition) is 2. The molecule has 0 saturated carbocycles. The summed E-state index contributed by atoms with van der Waals surface area (Å²) < 4.78 is 0.969. The molecule has 0 saturated heterocycles. The van der Waals surface area contributed by atoms with Crippen molar-refractivity contribution in [1.82, 2.24) is 4.98 Å². The molecule has 27 heavy (non-hydrogen) atoms. The van der Waals surface area contributed by atoms with Crippen LogP contribution in [0.15, 0.2) is 42.5 Å². The predicted molar refractivity (Wildman–Crippen MR) is 107 cm³/mol.